The van der Waals surface area contributed by atoms with Crippen molar-refractivity contribution in [1.29, 1.82) is 0 Å². The molecule has 1 heterocycles. The van der Waals surface area contributed by atoms with Crippen LogP contribution in [0.3, 0.4) is 0 Å². The van der Waals surface area contributed by atoms with Gasteiger partial charge in [0.15, 0.2) is 0 Å². The summed E-state index contributed by atoms with van der Waals surface area (Å²) in [7, 11) is 1.72. The van der Waals surface area contributed by atoms with E-state index in [0.717, 1.165) is 45.0 Å². The van der Waals surface area contributed by atoms with Crippen LogP contribution in [0.1, 0.15) is 11.1 Å². The Morgan fingerprint density at radius 3 is 2.43 bits per heavy atom. The van der Waals surface area contributed by atoms with Crippen LogP contribution in [0.4, 0.5) is 0 Å². The monoisotopic (exact) mass is 372 g/mol. The third-order valence-electron chi connectivity index (χ3n) is 5.51. The van der Waals surface area contributed by atoms with Gasteiger partial charge in [0.2, 0.25) is 0 Å². The van der Waals surface area contributed by atoms with Crippen molar-refractivity contribution in [2.24, 2.45) is 0 Å². The molecule has 0 atom stereocenters. The van der Waals surface area contributed by atoms with Gasteiger partial charge in [-0.15, -0.1) is 0 Å². The summed E-state index contributed by atoms with van der Waals surface area (Å²) in [6, 6.07) is 23.5. The van der Waals surface area contributed by atoms with Crippen molar-refractivity contribution < 1.29 is 4.74 Å². The van der Waals surface area contributed by atoms with Crippen LogP contribution in [0.5, 0.6) is 5.75 Å². The minimum absolute atomic E-state index is 0.918. The molecule has 3 nitrogen and oxygen atoms in total. The van der Waals surface area contributed by atoms with Crippen LogP contribution in [-0.2, 0) is 6.54 Å². The maximum absolute atomic E-state index is 5.36. The first-order valence-corrected chi connectivity index (χ1v) is 10.0. The normalized spacial score (nSPS) is 16.0. The van der Waals surface area contributed by atoms with Crippen molar-refractivity contribution in [3.8, 4) is 5.75 Å². The lowest BCUT2D eigenvalue weighted by Gasteiger charge is -2.34. The molecule has 3 aromatic rings. The number of hydrogen-bond donors (Lipinski definition) is 0. The number of nitrogens with zero attached hydrogens (tertiary/aromatic N) is 2. The molecule has 1 saturated heterocycles. The van der Waals surface area contributed by atoms with Crippen molar-refractivity contribution in [3.63, 3.8) is 0 Å². The van der Waals surface area contributed by atoms with E-state index in [-0.39, 0.29) is 0 Å². The van der Waals surface area contributed by atoms with Crippen molar-refractivity contribution in [2.75, 3.05) is 39.8 Å². The van der Waals surface area contributed by atoms with Crippen LogP contribution in [0, 0.1) is 0 Å². The van der Waals surface area contributed by atoms with Gasteiger partial charge in [-0.3, -0.25) is 9.80 Å². The summed E-state index contributed by atoms with van der Waals surface area (Å²) in [6.45, 7) is 6.51. The van der Waals surface area contributed by atoms with Crippen LogP contribution >= 0.6 is 0 Å². The minimum atomic E-state index is 0.918. The highest BCUT2D eigenvalue weighted by Gasteiger charge is 2.16. The molecule has 3 aromatic carbocycles. The molecular formula is C25H28N2O. The van der Waals surface area contributed by atoms with E-state index in [4.69, 9.17) is 4.74 Å². The SMILES string of the molecule is COc1ccc2c(CN3CCN(C/C=C/c4ccccc4)CC3)cccc2c1. The van der Waals surface area contributed by atoms with Crippen LogP contribution < -0.4 is 4.74 Å². The van der Waals surface area contributed by atoms with Crippen LogP contribution in [-0.4, -0.2) is 49.6 Å². The number of benzene rings is 3. The number of ether oxygens (including phenoxy) is 1. The molecule has 1 aliphatic heterocycles. The second-order valence-corrected chi connectivity index (χ2v) is 7.39. The van der Waals surface area contributed by atoms with Gasteiger partial charge < -0.3 is 4.74 Å². The zero-order valence-corrected chi connectivity index (χ0v) is 16.6. The Morgan fingerprint density at radius 1 is 0.857 bits per heavy atom. The smallest absolute Gasteiger partial charge is 0.119 e. The van der Waals surface area contributed by atoms with Gasteiger partial charge in [0.25, 0.3) is 0 Å². The predicted molar refractivity (Wildman–Crippen MR) is 118 cm³/mol. The van der Waals surface area contributed by atoms with E-state index in [2.05, 4.69) is 88.7 Å². The molecular weight excluding hydrogens is 344 g/mol. The summed E-state index contributed by atoms with van der Waals surface area (Å²) in [6.07, 6.45) is 4.50. The van der Waals surface area contributed by atoms with E-state index in [0.29, 0.717) is 0 Å². The van der Waals surface area contributed by atoms with E-state index in [1.54, 1.807) is 7.11 Å². The summed E-state index contributed by atoms with van der Waals surface area (Å²) in [5, 5.41) is 2.58. The highest BCUT2D eigenvalue weighted by molar-refractivity contribution is 5.87. The summed E-state index contributed by atoms with van der Waals surface area (Å²) < 4.78 is 5.36. The van der Waals surface area contributed by atoms with E-state index < -0.39 is 0 Å². The maximum Gasteiger partial charge on any atom is 0.119 e. The number of rotatable bonds is 6. The number of hydrogen-bond acceptors (Lipinski definition) is 3. The molecule has 4 rings (SSSR count). The lowest BCUT2D eigenvalue weighted by atomic mass is 10.0. The molecule has 1 aliphatic rings. The van der Waals surface area contributed by atoms with E-state index in [9.17, 15) is 0 Å². The average molecular weight is 373 g/mol. The summed E-state index contributed by atoms with van der Waals surface area (Å²) in [5.41, 5.74) is 2.67. The zero-order valence-electron chi connectivity index (χ0n) is 16.6. The highest BCUT2D eigenvalue weighted by atomic mass is 16.5. The largest absolute Gasteiger partial charge is 0.497 e. The quantitative estimate of drug-likeness (QED) is 0.625. The Bertz CT molecular complexity index is 928. The van der Waals surface area contributed by atoms with Crippen molar-refractivity contribution in [3.05, 3.63) is 83.9 Å². The van der Waals surface area contributed by atoms with Gasteiger partial charge in [-0.25, -0.2) is 0 Å². The third kappa shape index (κ3) is 4.61. The van der Waals surface area contributed by atoms with Gasteiger partial charge >= 0.3 is 0 Å². The molecule has 0 bridgehead atoms. The maximum atomic E-state index is 5.36. The van der Waals surface area contributed by atoms with Crippen molar-refractivity contribution >= 4 is 16.8 Å². The fourth-order valence-electron chi connectivity index (χ4n) is 3.87. The second kappa shape index (κ2) is 9.05. The van der Waals surface area contributed by atoms with Gasteiger partial charge in [0.05, 0.1) is 7.11 Å². The van der Waals surface area contributed by atoms with Gasteiger partial charge in [-0.1, -0.05) is 66.7 Å². The molecule has 0 amide bonds. The Balaban J connectivity index is 1.32. The molecule has 0 spiro atoms. The molecule has 3 heteroatoms. The van der Waals surface area contributed by atoms with Gasteiger partial charge in [-0.2, -0.15) is 0 Å². The highest BCUT2D eigenvalue weighted by Crippen LogP contribution is 2.25. The fraction of sp³-hybridized carbons (Fsp3) is 0.280. The molecule has 0 aromatic heterocycles. The van der Waals surface area contributed by atoms with Gasteiger partial charge in [0.1, 0.15) is 5.75 Å². The van der Waals surface area contributed by atoms with Crippen LogP contribution in [0.2, 0.25) is 0 Å². The minimum Gasteiger partial charge on any atom is -0.497 e. The summed E-state index contributed by atoms with van der Waals surface area (Å²) in [5.74, 6) is 0.918. The predicted octanol–water partition coefficient (Wildman–Crippen LogP) is 4.68. The van der Waals surface area contributed by atoms with Gasteiger partial charge in [-0.05, 0) is 34.0 Å². The summed E-state index contributed by atoms with van der Waals surface area (Å²) >= 11 is 0. The van der Waals surface area contributed by atoms with E-state index >= 15 is 0 Å². The zero-order chi connectivity index (χ0) is 19.2. The van der Waals surface area contributed by atoms with Crippen LogP contribution in [0.25, 0.3) is 16.8 Å². The van der Waals surface area contributed by atoms with E-state index in [1.165, 1.54) is 21.9 Å². The Morgan fingerprint density at radius 2 is 1.64 bits per heavy atom. The lowest BCUT2D eigenvalue weighted by Crippen LogP contribution is -2.45. The molecule has 1 fully saturated rings. The standard InChI is InChI=1S/C25H28N2O/c1-28-24-12-13-25-22(19-24)10-5-11-23(25)20-27-17-15-26(16-18-27)14-6-9-21-7-3-2-4-8-21/h2-13,19H,14-18,20H2,1H3/b9-6+. The average Bonchev–Trinajstić information content (AvgIpc) is 2.75. The molecule has 0 N–H and O–H groups in total. The second-order valence-electron chi connectivity index (χ2n) is 7.39. The van der Waals surface area contributed by atoms with E-state index in [1.807, 2.05) is 0 Å². The molecule has 28 heavy (non-hydrogen) atoms. The summed E-state index contributed by atoms with van der Waals surface area (Å²) in [4.78, 5) is 5.10. The molecule has 0 unspecified atom stereocenters. The molecule has 144 valence electrons. The topological polar surface area (TPSA) is 15.7 Å². The van der Waals surface area contributed by atoms with Crippen molar-refractivity contribution in [1.82, 2.24) is 9.80 Å². The fourth-order valence-corrected chi connectivity index (χ4v) is 3.87. The van der Waals surface area contributed by atoms with Gasteiger partial charge in [0, 0.05) is 39.3 Å². The lowest BCUT2D eigenvalue weighted by molar-refractivity contribution is 0.137. The number of fused-ring (bicyclic) bond motifs is 1. The first kappa shape index (κ1) is 18.7. The molecule has 0 radical (unpaired) electrons. The molecule has 0 saturated carbocycles. The number of methoxy groups -OCH3 is 1. The van der Waals surface area contributed by atoms with Crippen LogP contribution in [0.15, 0.2) is 72.8 Å². The third-order valence-corrected chi connectivity index (χ3v) is 5.51. The van der Waals surface area contributed by atoms with Crippen molar-refractivity contribution in [2.45, 2.75) is 6.54 Å². The molecule has 0 aliphatic carbocycles. The first-order valence-electron chi connectivity index (χ1n) is 10.0. The Labute approximate surface area is 167 Å². The Kier molecular flexibility index (Phi) is 6.05. The number of piperazine rings is 1. The first-order chi connectivity index (χ1) is 13.8. The Hall–Kier alpha value is -2.62.